The summed E-state index contributed by atoms with van der Waals surface area (Å²) in [4.78, 5) is 0.200. The molecule has 1 aromatic rings. The Morgan fingerprint density at radius 1 is 1.30 bits per heavy atom. The molecule has 0 radical (unpaired) electrons. The van der Waals surface area contributed by atoms with Crippen LogP contribution >= 0.6 is 0 Å². The van der Waals surface area contributed by atoms with E-state index in [1.165, 1.54) is 14.0 Å². The maximum atomic E-state index is 12.1. The van der Waals surface area contributed by atoms with E-state index in [2.05, 4.69) is 11.6 Å². The zero-order valence-electron chi connectivity index (χ0n) is 12.2. The van der Waals surface area contributed by atoms with Gasteiger partial charge in [-0.05, 0) is 31.0 Å². The fraction of sp³-hybridized carbons (Fsp3) is 0.571. The molecule has 5 nitrogen and oxygen atoms in total. The van der Waals surface area contributed by atoms with Crippen molar-refractivity contribution >= 4 is 10.0 Å². The quantitative estimate of drug-likeness (QED) is 0.759. The molecule has 0 aliphatic carbocycles. The first-order valence-corrected chi connectivity index (χ1v) is 8.09. The van der Waals surface area contributed by atoms with E-state index in [4.69, 9.17) is 4.74 Å². The van der Waals surface area contributed by atoms with Gasteiger partial charge in [0.15, 0.2) is 0 Å². The second-order valence-electron chi connectivity index (χ2n) is 5.15. The Labute approximate surface area is 121 Å². The van der Waals surface area contributed by atoms with Crippen molar-refractivity contribution in [3.05, 3.63) is 29.8 Å². The fourth-order valence-corrected chi connectivity index (χ4v) is 2.98. The standard InChI is InChI=1S/C14H23NO4S/c1-4-5-12-6-8-13(9-7-12)20(17,18)15-10-14(2,16)11-19-3/h6-9,15-16H,4-5,10-11H2,1-3H3. The van der Waals surface area contributed by atoms with Crippen LogP contribution in [0.5, 0.6) is 0 Å². The lowest BCUT2D eigenvalue weighted by molar-refractivity contribution is -0.0119. The Morgan fingerprint density at radius 3 is 2.40 bits per heavy atom. The molecule has 0 saturated heterocycles. The average molecular weight is 301 g/mol. The molecule has 1 atom stereocenters. The van der Waals surface area contributed by atoms with Gasteiger partial charge in [-0.1, -0.05) is 25.5 Å². The number of ether oxygens (including phenoxy) is 1. The monoisotopic (exact) mass is 301 g/mol. The Kier molecular flexibility index (Phi) is 6.13. The highest BCUT2D eigenvalue weighted by Crippen LogP contribution is 2.12. The minimum absolute atomic E-state index is 0.0605. The topological polar surface area (TPSA) is 75.6 Å². The van der Waals surface area contributed by atoms with Gasteiger partial charge in [0.2, 0.25) is 10.0 Å². The first kappa shape index (κ1) is 17.1. The SMILES string of the molecule is CCCc1ccc(S(=O)(=O)NCC(C)(O)COC)cc1. The highest BCUT2D eigenvalue weighted by molar-refractivity contribution is 7.89. The number of benzene rings is 1. The van der Waals surface area contributed by atoms with E-state index in [9.17, 15) is 13.5 Å². The van der Waals surface area contributed by atoms with E-state index in [-0.39, 0.29) is 18.0 Å². The van der Waals surface area contributed by atoms with Crippen LogP contribution in [0.4, 0.5) is 0 Å². The van der Waals surface area contributed by atoms with Crippen molar-refractivity contribution < 1.29 is 18.3 Å². The molecule has 0 bridgehead atoms. The third-order valence-corrected chi connectivity index (χ3v) is 4.29. The van der Waals surface area contributed by atoms with Gasteiger partial charge in [0.25, 0.3) is 0 Å². The summed E-state index contributed by atoms with van der Waals surface area (Å²) in [6.45, 7) is 3.55. The number of hydrogen-bond donors (Lipinski definition) is 2. The van der Waals surface area contributed by atoms with Gasteiger partial charge in [-0.2, -0.15) is 0 Å². The first-order chi connectivity index (χ1) is 9.30. The lowest BCUT2D eigenvalue weighted by Crippen LogP contribution is -2.43. The Hall–Kier alpha value is -0.950. The van der Waals surface area contributed by atoms with Crippen LogP contribution in [0.25, 0.3) is 0 Å². The van der Waals surface area contributed by atoms with Gasteiger partial charge in [-0.15, -0.1) is 0 Å². The first-order valence-electron chi connectivity index (χ1n) is 6.60. The molecule has 0 aliphatic heterocycles. The predicted octanol–water partition coefficient (Wildman–Crippen LogP) is 1.31. The highest BCUT2D eigenvalue weighted by Gasteiger charge is 2.24. The molecule has 1 unspecified atom stereocenters. The molecular weight excluding hydrogens is 278 g/mol. The van der Waals surface area contributed by atoms with Crippen LogP contribution in [0, 0.1) is 0 Å². The van der Waals surface area contributed by atoms with Crippen molar-refractivity contribution in [2.75, 3.05) is 20.3 Å². The molecule has 0 heterocycles. The van der Waals surface area contributed by atoms with E-state index in [1.54, 1.807) is 12.1 Å². The maximum Gasteiger partial charge on any atom is 0.240 e. The second kappa shape index (κ2) is 7.17. The van der Waals surface area contributed by atoms with Crippen LogP contribution in [0.1, 0.15) is 25.8 Å². The molecule has 2 N–H and O–H groups in total. The minimum Gasteiger partial charge on any atom is -0.386 e. The van der Waals surface area contributed by atoms with Crippen LogP contribution in [-0.2, 0) is 21.2 Å². The van der Waals surface area contributed by atoms with Gasteiger partial charge in [0.05, 0.1) is 17.1 Å². The maximum absolute atomic E-state index is 12.1. The largest absolute Gasteiger partial charge is 0.386 e. The molecule has 1 aromatic carbocycles. The Morgan fingerprint density at radius 2 is 1.90 bits per heavy atom. The van der Waals surface area contributed by atoms with Crippen LogP contribution in [0.15, 0.2) is 29.2 Å². The third-order valence-electron chi connectivity index (χ3n) is 2.87. The van der Waals surface area contributed by atoms with Gasteiger partial charge in [0, 0.05) is 13.7 Å². The normalized spacial score (nSPS) is 15.0. The van der Waals surface area contributed by atoms with E-state index in [1.807, 2.05) is 12.1 Å². The zero-order chi connectivity index (χ0) is 15.2. The molecule has 0 aromatic heterocycles. The van der Waals surface area contributed by atoms with Crippen LogP contribution in [0.3, 0.4) is 0 Å². The summed E-state index contributed by atoms with van der Waals surface area (Å²) in [6.07, 6.45) is 1.94. The minimum atomic E-state index is -3.61. The second-order valence-corrected chi connectivity index (χ2v) is 6.92. The number of aliphatic hydroxyl groups is 1. The van der Waals surface area contributed by atoms with Gasteiger partial charge in [-0.3, -0.25) is 0 Å². The van der Waals surface area contributed by atoms with Crippen molar-refractivity contribution in [3.8, 4) is 0 Å². The van der Waals surface area contributed by atoms with Crippen molar-refractivity contribution in [1.82, 2.24) is 4.72 Å². The Bertz CT molecular complexity index is 508. The number of rotatable bonds is 8. The number of nitrogens with one attached hydrogen (secondary N) is 1. The molecule has 0 saturated carbocycles. The fourth-order valence-electron chi connectivity index (χ4n) is 1.82. The summed E-state index contributed by atoms with van der Waals surface area (Å²) in [6, 6.07) is 6.79. The number of sulfonamides is 1. The molecule has 6 heteroatoms. The summed E-state index contributed by atoms with van der Waals surface area (Å²) < 4.78 is 31.4. The molecular formula is C14H23NO4S. The lowest BCUT2D eigenvalue weighted by atomic mass is 10.1. The van der Waals surface area contributed by atoms with Gasteiger partial charge in [0.1, 0.15) is 0 Å². The van der Waals surface area contributed by atoms with Crippen molar-refractivity contribution in [3.63, 3.8) is 0 Å². The van der Waals surface area contributed by atoms with E-state index >= 15 is 0 Å². The van der Waals surface area contributed by atoms with Gasteiger partial charge in [-0.25, -0.2) is 13.1 Å². The van der Waals surface area contributed by atoms with Crippen molar-refractivity contribution in [2.45, 2.75) is 37.2 Å². The molecule has 114 valence electrons. The van der Waals surface area contributed by atoms with Crippen molar-refractivity contribution in [2.24, 2.45) is 0 Å². The lowest BCUT2D eigenvalue weighted by Gasteiger charge is -2.22. The number of hydrogen-bond acceptors (Lipinski definition) is 4. The molecule has 20 heavy (non-hydrogen) atoms. The third kappa shape index (κ3) is 5.20. The molecule has 0 aliphatic rings. The van der Waals surface area contributed by atoms with E-state index < -0.39 is 15.6 Å². The summed E-state index contributed by atoms with van der Waals surface area (Å²) in [5.74, 6) is 0. The summed E-state index contributed by atoms with van der Waals surface area (Å²) in [5.41, 5.74) is -0.123. The summed E-state index contributed by atoms with van der Waals surface area (Å²) >= 11 is 0. The van der Waals surface area contributed by atoms with Crippen LogP contribution in [-0.4, -0.2) is 39.4 Å². The van der Waals surface area contributed by atoms with Gasteiger partial charge < -0.3 is 9.84 Å². The molecule has 0 fully saturated rings. The van der Waals surface area contributed by atoms with Crippen molar-refractivity contribution in [1.29, 1.82) is 0 Å². The molecule has 1 rings (SSSR count). The zero-order valence-corrected chi connectivity index (χ0v) is 13.0. The van der Waals surface area contributed by atoms with Crippen LogP contribution < -0.4 is 4.72 Å². The number of methoxy groups -OCH3 is 1. The number of aryl methyl sites for hydroxylation is 1. The van der Waals surface area contributed by atoms with Crippen LogP contribution in [0.2, 0.25) is 0 Å². The molecule has 0 spiro atoms. The average Bonchev–Trinajstić information content (AvgIpc) is 2.38. The summed E-state index contributed by atoms with van der Waals surface area (Å²) in [5, 5.41) is 9.89. The summed E-state index contributed by atoms with van der Waals surface area (Å²) in [7, 11) is -2.16. The smallest absolute Gasteiger partial charge is 0.240 e. The van der Waals surface area contributed by atoms with E-state index in [0.717, 1.165) is 18.4 Å². The highest BCUT2D eigenvalue weighted by atomic mass is 32.2. The van der Waals surface area contributed by atoms with Gasteiger partial charge >= 0.3 is 0 Å². The van der Waals surface area contributed by atoms with E-state index in [0.29, 0.717) is 0 Å². The Balaban J connectivity index is 2.73. The predicted molar refractivity (Wildman–Crippen MR) is 78.1 cm³/mol. The molecule has 0 amide bonds.